The first-order valence-electron chi connectivity index (χ1n) is 7.62. The van der Waals surface area contributed by atoms with Gasteiger partial charge in [0.1, 0.15) is 5.54 Å². The lowest BCUT2D eigenvalue weighted by Gasteiger charge is -2.37. The van der Waals surface area contributed by atoms with Crippen LogP contribution >= 0.6 is 0 Å². The van der Waals surface area contributed by atoms with Crippen LogP contribution in [0.25, 0.3) is 0 Å². The highest BCUT2D eigenvalue weighted by Gasteiger charge is 2.34. The fraction of sp³-hybridized carbons (Fsp3) is 0.938. The second-order valence-corrected chi connectivity index (χ2v) is 7.02. The van der Waals surface area contributed by atoms with Crippen LogP contribution in [0.15, 0.2) is 0 Å². The van der Waals surface area contributed by atoms with Crippen molar-refractivity contribution in [3.63, 3.8) is 0 Å². The molecule has 0 rings (SSSR count). The largest absolute Gasteiger partial charge is 0.468 e. The summed E-state index contributed by atoms with van der Waals surface area (Å²) in [5, 5.41) is 3.33. The number of carbonyl (C=O) groups is 1. The summed E-state index contributed by atoms with van der Waals surface area (Å²) < 4.78 is 4.95. The molecule has 2 atom stereocenters. The topological polar surface area (TPSA) is 41.6 Å². The maximum atomic E-state index is 12.0. The maximum absolute atomic E-state index is 12.0. The van der Waals surface area contributed by atoms with E-state index < -0.39 is 5.54 Å². The van der Waals surface area contributed by atoms with Gasteiger partial charge in [-0.25, -0.2) is 0 Å². The average Bonchev–Trinajstić information content (AvgIpc) is 2.39. The number of hydrogen-bond donors (Lipinski definition) is 1. The third-order valence-electron chi connectivity index (χ3n) is 4.28. The van der Waals surface area contributed by atoms with Gasteiger partial charge in [0, 0.05) is 12.6 Å². The molecule has 120 valence electrons. The van der Waals surface area contributed by atoms with Gasteiger partial charge in [-0.2, -0.15) is 0 Å². The maximum Gasteiger partial charge on any atom is 0.325 e. The van der Waals surface area contributed by atoms with Crippen molar-refractivity contribution in [2.75, 3.05) is 27.2 Å². The monoisotopic (exact) mass is 286 g/mol. The molecule has 0 aliphatic rings. The molecule has 0 amide bonds. The molecule has 0 saturated heterocycles. The van der Waals surface area contributed by atoms with Crippen molar-refractivity contribution < 1.29 is 9.53 Å². The van der Waals surface area contributed by atoms with Crippen LogP contribution in [0.1, 0.15) is 54.4 Å². The van der Waals surface area contributed by atoms with Crippen LogP contribution in [0.3, 0.4) is 0 Å². The quantitative estimate of drug-likeness (QED) is 0.697. The first kappa shape index (κ1) is 19.4. The van der Waals surface area contributed by atoms with Crippen LogP contribution in [0.2, 0.25) is 0 Å². The van der Waals surface area contributed by atoms with Gasteiger partial charge >= 0.3 is 5.97 Å². The molecule has 1 N–H and O–H groups in total. The molecular formula is C16H34N2O2. The van der Waals surface area contributed by atoms with Gasteiger partial charge in [0.2, 0.25) is 0 Å². The summed E-state index contributed by atoms with van der Waals surface area (Å²) in [6.45, 7) is 14.7. The van der Waals surface area contributed by atoms with Crippen molar-refractivity contribution >= 4 is 5.97 Å². The fourth-order valence-electron chi connectivity index (χ4n) is 2.14. The molecule has 0 spiro atoms. The van der Waals surface area contributed by atoms with Gasteiger partial charge in [0.15, 0.2) is 0 Å². The summed E-state index contributed by atoms with van der Waals surface area (Å²) in [6, 6.07) is 0.454. The number of methoxy groups -OCH3 is 1. The highest BCUT2D eigenvalue weighted by molar-refractivity contribution is 5.80. The molecule has 0 aromatic heterocycles. The Bertz CT molecular complexity index is 299. The van der Waals surface area contributed by atoms with E-state index in [0.717, 1.165) is 25.9 Å². The SMILES string of the molecule is CCCNC(C)(CCN(C)C(C)C(C)(C)C)C(=O)OC. The number of carbonyl (C=O) groups excluding carboxylic acids is 1. The second-order valence-electron chi connectivity index (χ2n) is 7.02. The van der Waals surface area contributed by atoms with Crippen molar-refractivity contribution in [2.45, 2.75) is 66.0 Å². The summed E-state index contributed by atoms with van der Waals surface area (Å²) in [7, 11) is 3.57. The minimum absolute atomic E-state index is 0.178. The lowest BCUT2D eigenvalue weighted by Crippen LogP contribution is -2.53. The van der Waals surface area contributed by atoms with E-state index in [1.165, 1.54) is 7.11 Å². The third-order valence-corrected chi connectivity index (χ3v) is 4.28. The first-order chi connectivity index (χ1) is 9.08. The van der Waals surface area contributed by atoms with E-state index in [1.54, 1.807) is 0 Å². The molecule has 0 bridgehead atoms. The molecular weight excluding hydrogens is 252 g/mol. The summed E-state index contributed by atoms with van der Waals surface area (Å²) >= 11 is 0. The molecule has 2 unspecified atom stereocenters. The zero-order valence-corrected chi connectivity index (χ0v) is 14.7. The zero-order chi connectivity index (χ0) is 16.0. The smallest absolute Gasteiger partial charge is 0.325 e. The van der Waals surface area contributed by atoms with Crippen molar-refractivity contribution in [2.24, 2.45) is 5.41 Å². The van der Waals surface area contributed by atoms with Crippen molar-refractivity contribution in [3.05, 3.63) is 0 Å². The van der Waals surface area contributed by atoms with Crippen LogP contribution in [0.4, 0.5) is 0 Å². The van der Waals surface area contributed by atoms with Gasteiger partial charge < -0.3 is 15.0 Å². The fourth-order valence-corrected chi connectivity index (χ4v) is 2.14. The molecule has 20 heavy (non-hydrogen) atoms. The second kappa shape index (κ2) is 7.99. The van der Waals surface area contributed by atoms with Crippen molar-refractivity contribution in [1.82, 2.24) is 10.2 Å². The molecule has 0 fully saturated rings. The Hall–Kier alpha value is -0.610. The Balaban J connectivity index is 4.65. The number of nitrogens with one attached hydrogen (secondary N) is 1. The molecule has 0 radical (unpaired) electrons. The standard InChI is InChI=1S/C16H34N2O2/c1-9-11-17-16(6,14(19)20-8)10-12-18(7)13(2)15(3,4)5/h13,17H,9-12H2,1-8H3. The molecule has 0 aliphatic carbocycles. The summed E-state index contributed by atoms with van der Waals surface area (Å²) in [4.78, 5) is 14.3. The van der Waals surface area contributed by atoms with Crippen LogP contribution in [0, 0.1) is 5.41 Å². The summed E-state index contributed by atoms with van der Waals surface area (Å²) in [6.07, 6.45) is 1.75. The number of rotatable bonds is 8. The lowest BCUT2D eigenvalue weighted by atomic mass is 9.86. The molecule has 0 aromatic rings. The minimum atomic E-state index is -0.601. The Morgan fingerprint density at radius 1 is 1.30 bits per heavy atom. The van der Waals surface area contributed by atoms with E-state index in [1.807, 2.05) is 6.92 Å². The Morgan fingerprint density at radius 2 is 1.85 bits per heavy atom. The first-order valence-corrected chi connectivity index (χ1v) is 7.62. The minimum Gasteiger partial charge on any atom is -0.468 e. The molecule has 4 heteroatoms. The van der Waals surface area contributed by atoms with Crippen LogP contribution in [-0.2, 0) is 9.53 Å². The predicted octanol–water partition coefficient (Wildman–Crippen LogP) is 2.67. The van der Waals surface area contributed by atoms with Gasteiger partial charge in [0.05, 0.1) is 7.11 Å². The number of ether oxygens (including phenoxy) is 1. The average molecular weight is 286 g/mol. The summed E-state index contributed by atoms with van der Waals surface area (Å²) in [5.41, 5.74) is -0.371. The molecule has 0 heterocycles. The normalized spacial score (nSPS) is 16.9. The van der Waals surface area contributed by atoms with Crippen LogP contribution < -0.4 is 5.32 Å². The van der Waals surface area contributed by atoms with E-state index in [4.69, 9.17) is 4.74 Å². The highest BCUT2D eigenvalue weighted by atomic mass is 16.5. The van der Waals surface area contributed by atoms with E-state index in [2.05, 4.69) is 51.9 Å². The molecule has 4 nitrogen and oxygen atoms in total. The van der Waals surface area contributed by atoms with Gasteiger partial charge in [-0.15, -0.1) is 0 Å². The zero-order valence-electron chi connectivity index (χ0n) is 14.7. The van der Waals surface area contributed by atoms with E-state index in [9.17, 15) is 4.79 Å². The summed E-state index contributed by atoms with van der Waals surface area (Å²) in [5.74, 6) is -0.178. The number of hydrogen-bond acceptors (Lipinski definition) is 4. The Labute approximate surface area is 125 Å². The number of nitrogens with zero attached hydrogens (tertiary/aromatic N) is 1. The van der Waals surface area contributed by atoms with Gasteiger partial charge in [-0.1, -0.05) is 27.7 Å². The van der Waals surface area contributed by atoms with Crippen molar-refractivity contribution in [3.8, 4) is 0 Å². The Morgan fingerprint density at radius 3 is 2.25 bits per heavy atom. The third kappa shape index (κ3) is 5.80. The Kier molecular flexibility index (Phi) is 7.74. The van der Waals surface area contributed by atoms with Crippen LogP contribution in [-0.4, -0.2) is 49.7 Å². The molecule has 0 aliphatic heterocycles. The molecule has 0 aromatic carbocycles. The van der Waals surface area contributed by atoms with E-state index >= 15 is 0 Å². The van der Waals surface area contributed by atoms with Gasteiger partial charge in [-0.05, 0) is 45.7 Å². The van der Waals surface area contributed by atoms with Gasteiger partial charge in [-0.3, -0.25) is 4.79 Å². The highest BCUT2D eigenvalue weighted by Crippen LogP contribution is 2.24. The predicted molar refractivity (Wildman–Crippen MR) is 84.9 cm³/mol. The lowest BCUT2D eigenvalue weighted by molar-refractivity contribution is -0.148. The van der Waals surface area contributed by atoms with Gasteiger partial charge in [0.25, 0.3) is 0 Å². The van der Waals surface area contributed by atoms with Crippen molar-refractivity contribution in [1.29, 1.82) is 0 Å². The van der Waals surface area contributed by atoms with E-state index in [0.29, 0.717) is 6.04 Å². The number of esters is 1. The van der Waals surface area contributed by atoms with Crippen LogP contribution in [0.5, 0.6) is 0 Å². The molecule has 0 saturated carbocycles. The van der Waals surface area contributed by atoms with E-state index in [-0.39, 0.29) is 11.4 Å².